The fourth-order valence-corrected chi connectivity index (χ4v) is 8.01. The highest BCUT2D eigenvalue weighted by Gasteiger charge is 2.56. The standard InChI is InChI=1S/C29H34N4O/c1-28-12-9-22(33-27(34)20-11-15-31-32-18-20)16-21(28)5-6-23-25-8-7-24(19-4-3-14-30-17-19)29(25,2)13-10-26(23)28/h3-5,7,11,14-15,17-18,22-23,25-26H,6,8-10,12-13,16H2,1-2H3,(H,33,34). The second-order valence-electron chi connectivity index (χ2n) is 11.4. The van der Waals surface area contributed by atoms with E-state index in [9.17, 15) is 4.79 Å². The number of rotatable bonds is 3. The van der Waals surface area contributed by atoms with E-state index in [2.05, 4.69) is 58.6 Å². The Labute approximate surface area is 202 Å². The summed E-state index contributed by atoms with van der Waals surface area (Å²) in [5.74, 6) is 2.17. The number of aromatic nitrogens is 3. The van der Waals surface area contributed by atoms with Gasteiger partial charge in [-0.2, -0.15) is 10.2 Å². The van der Waals surface area contributed by atoms with Crippen LogP contribution in [-0.2, 0) is 0 Å². The molecule has 0 bridgehead atoms. The van der Waals surface area contributed by atoms with E-state index in [1.807, 2.05) is 12.4 Å². The molecule has 1 N–H and O–H groups in total. The SMILES string of the molecule is CC12CCC(NC(=O)c3ccnnc3)CC1=CCC1C2CCC2(C)C(c3cccnc3)=CCC12. The lowest BCUT2D eigenvalue weighted by Crippen LogP contribution is -2.51. The van der Waals surface area contributed by atoms with Crippen molar-refractivity contribution < 1.29 is 4.79 Å². The molecule has 0 spiro atoms. The summed E-state index contributed by atoms with van der Waals surface area (Å²) in [5, 5.41) is 10.9. The Bertz CT molecular complexity index is 1140. The summed E-state index contributed by atoms with van der Waals surface area (Å²) in [4.78, 5) is 17.1. The number of carbonyl (C=O) groups is 1. The van der Waals surface area contributed by atoms with Crippen molar-refractivity contribution in [1.29, 1.82) is 0 Å². The van der Waals surface area contributed by atoms with Gasteiger partial charge >= 0.3 is 0 Å². The van der Waals surface area contributed by atoms with Crippen LogP contribution in [-0.4, -0.2) is 27.1 Å². The first-order valence-corrected chi connectivity index (χ1v) is 12.9. The molecular weight excluding hydrogens is 420 g/mol. The van der Waals surface area contributed by atoms with Crippen molar-refractivity contribution in [3.63, 3.8) is 0 Å². The lowest BCUT2D eigenvalue weighted by atomic mass is 9.47. The van der Waals surface area contributed by atoms with Crippen LogP contribution in [0, 0.1) is 28.6 Å². The minimum atomic E-state index is -0.0359. The number of nitrogens with one attached hydrogen (secondary N) is 1. The molecule has 0 saturated heterocycles. The zero-order chi connectivity index (χ0) is 23.3. The van der Waals surface area contributed by atoms with E-state index in [0.717, 1.165) is 31.1 Å². The molecule has 34 heavy (non-hydrogen) atoms. The smallest absolute Gasteiger partial charge is 0.253 e. The molecule has 6 unspecified atom stereocenters. The van der Waals surface area contributed by atoms with Crippen molar-refractivity contribution in [2.45, 2.75) is 64.8 Å². The van der Waals surface area contributed by atoms with Gasteiger partial charge in [0.2, 0.25) is 0 Å². The Morgan fingerprint density at radius 1 is 0.971 bits per heavy atom. The van der Waals surface area contributed by atoms with Gasteiger partial charge in [0.05, 0.1) is 18.0 Å². The number of carbonyl (C=O) groups excluding carboxylic acids is 1. The van der Waals surface area contributed by atoms with Crippen LogP contribution in [0.1, 0.15) is 74.7 Å². The average Bonchev–Trinajstić information content (AvgIpc) is 3.22. The summed E-state index contributed by atoms with van der Waals surface area (Å²) >= 11 is 0. The molecule has 2 heterocycles. The van der Waals surface area contributed by atoms with Crippen LogP contribution >= 0.6 is 0 Å². The predicted octanol–water partition coefficient (Wildman–Crippen LogP) is 5.63. The fraction of sp³-hybridized carbons (Fsp3) is 0.517. The third-order valence-corrected chi connectivity index (χ3v) is 9.84. The second kappa shape index (κ2) is 8.14. The van der Waals surface area contributed by atoms with Gasteiger partial charge in [-0.25, -0.2) is 0 Å². The van der Waals surface area contributed by atoms with E-state index in [0.29, 0.717) is 11.5 Å². The van der Waals surface area contributed by atoms with Crippen LogP contribution in [0.4, 0.5) is 0 Å². The van der Waals surface area contributed by atoms with Gasteiger partial charge < -0.3 is 5.32 Å². The van der Waals surface area contributed by atoms with Gasteiger partial charge in [-0.15, -0.1) is 0 Å². The first-order chi connectivity index (χ1) is 16.5. The normalized spacial score (nSPS) is 36.4. The average molecular weight is 455 g/mol. The third-order valence-electron chi connectivity index (χ3n) is 9.84. The van der Waals surface area contributed by atoms with Gasteiger partial charge in [-0.1, -0.05) is 37.6 Å². The minimum absolute atomic E-state index is 0.0359. The molecule has 1 amide bonds. The first-order valence-electron chi connectivity index (χ1n) is 12.9. The van der Waals surface area contributed by atoms with Gasteiger partial charge in [0, 0.05) is 18.4 Å². The summed E-state index contributed by atoms with van der Waals surface area (Å²) in [6.07, 6.45) is 20.2. The van der Waals surface area contributed by atoms with Crippen molar-refractivity contribution in [1.82, 2.24) is 20.5 Å². The van der Waals surface area contributed by atoms with Gasteiger partial charge in [-0.05, 0) is 96.8 Å². The summed E-state index contributed by atoms with van der Waals surface area (Å²) in [5.41, 5.74) is 5.54. The highest BCUT2D eigenvalue weighted by Crippen LogP contribution is 2.66. The quantitative estimate of drug-likeness (QED) is 0.611. The Morgan fingerprint density at radius 2 is 1.85 bits per heavy atom. The zero-order valence-electron chi connectivity index (χ0n) is 20.2. The molecule has 6 rings (SSSR count). The molecule has 0 radical (unpaired) electrons. The van der Waals surface area contributed by atoms with Crippen molar-refractivity contribution in [2.75, 3.05) is 0 Å². The Morgan fingerprint density at radius 3 is 2.65 bits per heavy atom. The topological polar surface area (TPSA) is 67.8 Å². The van der Waals surface area contributed by atoms with Crippen LogP contribution in [0.2, 0.25) is 0 Å². The number of allylic oxidation sites excluding steroid dienone is 3. The highest BCUT2D eigenvalue weighted by molar-refractivity contribution is 5.93. The largest absolute Gasteiger partial charge is 0.349 e. The van der Waals surface area contributed by atoms with Crippen LogP contribution < -0.4 is 5.32 Å². The second-order valence-corrected chi connectivity index (χ2v) is 11.4. The maximum absolute atomic E-state index is 12.7. The number of hydrogen-bond acceptors (Lipinski definition) is 4. The molecule has 0 aromatic carbocycles. The molecule has 0 aliphatic heterocycles. The monoisotopic (exact) mass is 454 g/mol. The molecule has 5 nitrogen and oxygen atoms in total. The predicted molar refractivity (Wildman–Crippen MR) is 133 cm³/mol. The molecule has 5 heteroatoms. The minimum Gasteiger partial charge on any atom is -0.349 e. The van der Waals surface area contributed by atoms with E-state index >= 15 is 0 Å². The molecular formula is C29H34N4O. The zero-order valence-corrected chi connectivity index (χ0v) is 20.2. The van der Waals surface area contributed by atoms with Crippen molar-refractivity contribution >= 4 is 11.5 Å². The lowest BCUT2D eigenvalue weighted by Gasteiger charge is -2.58. The summed E-state index contributed by atoms with van der Waals surface area (Å²) in [7, 11) is 0. The van der Waals surface area contributed by atoms with Crippen LogP contribution in [0.15, 0.2) is 60.7 Å². The third kappa shape index (κ3) is 3.35. The molecule has 2 fully saturated rings. The van der Waals surface area contributed by atoms with E-state index < -0.39 is 0 Å². The fourth-order valence-electron chi connectivity index (χ4n) is 8.01. The van der Waals surface area contributed by atoms with E-state index in [-0.39, 0.29) is 22.8 Å². The van der Waals surface area contributed by atoms with Crippen molar-refractivity contribution in [2.24, 2.45) is 28.6 Å². The van der Waals surface area contributed by atoms with Crippen LogP contribution in [0.5, 0.6) is 0 Å². The van der Waals surface area contributed by atoms with Crippen LogP contribution in [0.3, 0.4) is 0 Å². The van der Waals surface area contributed by atoms with Gasteiger partial charge in [0.1, 0.15) is 0 Å². The first kappa shape index (κ1) is 21.7. The van der Waals surface area contributed by atoms with E-state index in [1.165, 1.54) is 36.8 Å². The Hall–Kier alpha value is -2.82. The Balaban J connectivity index is 1.20. The number of pyridine rings is 1. The van der Waals surface area contributed by atoms with E-state index in [4.69, 9.17) is 0 Å². The summed E-state index contributed by atoms with van der Waals surface area (Å²) < 4.78 is 0. The van der Waals surface area contributed by atoms with Gasteiger partial charge in [0.15, 0.2) is 0 Å². The maximum Gasteiger partial charge on any atom is 0.253 e. The molecule has 6 atom stereocenters. The van der Waals surface area contributed by atoms with Crippen molar-refractivity contribution in [3.8, 4) is 0 Å². The Kier molecular flexibility index (Phi) is 5.20. The molecule has 176 valence electrons. The number of nitrogens with zero attached hydrogens (tertiary/aromatic N) is 3. The van der Waals surface area contributed by atoms with Crippen LogP contribution in [0.25, 0.3) is 5.57 Å². The summed E-state index contributed by atoms with van der Waals surface area (Å²) in [6.45, 7) is 5.04. The molecule has 2 aromatic rings. The van der Waals surface area contributed by atoms with E-state index in [1.54, 1.807) is 24.0 Å². The highest BCUT2D eigenvalue weighted by atomic mass is 16.1. The number of amides is 1. The van der Waals surface area contributed by atoms with Gasteiger partial charge in [0.25, 0.3) is 5.91 Å². The molecule has 4 aliphatic rings. The van der Waals surface area contributed by atoms with Crippen molar-refractivity contribution in [3.05, 3.63) is 71.8 Å². The summed E-state index contributed by atoms with van der Waals surface area (Å²) in [6, 6.07) is 6.23. The molecule has 4 aliphatic carbocycles. The molecule has 2 saturated carbocycles. The van der Waals surface area contributed by atoms with Gasteiger partial charge in [-0.3, -0.25) is 9.78 Å². The number of fused-ring (bicyclic) bond motifs is 5. The molecule has 2 aromatic heterocycles. The maximum atomic E-state index is 12.7. The number of hydrogen-bond donors (Lipinski definition) is 1. The lowest BCUT2D eigenvalue weighted by molar-refractivity contribution is -0.0123.